The van der Waals surface area contributed by atoms with Gasteiger partial charge in [-0.1, -0.05) is 26.0 Å². The summed E-state index contributed by atoms with van der Waals surface area (Å²) in [6.07, 6.45) is 1.94. The van der Waals surface area contributed by atoms with Gasteiger partial charge >= 0.3 is 11.7 Å². The first-order valence-corrected chi connectivity index (χ1v) is 11.6. The first-order chi connectivity index (χ1) is 15.0. The third-order valence-electron chi connectivity index (χ3n) is 4.91. The fourth-order valence-electron chi connectivity index (χ4n) is 3.54. The molecule has 0 aliphatic rings. The summed E-state index contributed by atoms with van der Waals surface area (Å²) in [5.41, 5.74) is 1.07. The standard InChI is InChI=1S/C23H29IN4O4/c1-13(2)19(20-25-12-17(26-20)14-6-8-15(24)9-7-14)28-21(30)16(27-22(28)31)10-11-18(29)32-23(3,4)5/h6-9,12-13,19,30H,10-11H2,1-5H3,(H,25,26)(H,27,31)/t19-/m0/s1. The van der Waals surface area contributed by atoms with Gasteiger partial charge < -0.3 is 19.8 Å². The Hall–Kier alpha value is -2.56. The number of ether oxygens (including phenoxy) is 1. The zero-order chi connectivity index (χ0) is 23.6. The zero-order valence-electron chi connectivity index (χ0n) is 18.9. The molecule has 0 unspecified atom stereocenters. The van der Waals surface area contributed by atoms with Crippen molar-refractivity contribution < 1.29 is 14.6 Å². The van der Waals surface area contributed by atoms with E-state index in [0.717, 1.165) is 14.8 Å². The van der Waals surface area contributed by atoms with Crippen LogP contribution in [0.4, 0.5) is 0 Å². The molecule has 0 bridgehead atoms. The molecule has 2 aromatic heterocycles. The van der Waals surface area contributed by atoms with Crippen molar-refractivity contribution in [1.29, 1.82) is 0 Å². The molecule has 0 amide bonds. The second-order valence-corrected chi connectivity index (χ2v) is 10.3. The number of aromatic hydroxyl groups is 1. The molecule has 2 heterocycles. The van der Waals surface area contributed by atoms with Crippen LogP contribution < -0.4 is 5.69 Å². The van der Waals surface area contributed by atoms with E-state index in [4.69, 9.17) is 4.74 Å². The Balaban J connectivity index is 1.87. The van der Waals surface area contributed by atoms with Gasteiger partial charge in [0.25, 0.3) is 0 Å². The minimum atomic E-state index is -0.588. The van der Waals surface area contributed by atoms with Crippen LogP contribution >= 0.6 is 22.6 Å². The summed E-state index contributed by atoms with van der Waals surface area (Å²) in [7, 11) is 0. The van der Waals surface area contributed by atoms with E-state index in [1.807, 2.05) is 38.1 Å². The van der Waals surface area contributed by atoms with Crippen molar-refractivity contribution >= 4 is 28.6 Å². The molecule has 1 atom stereocenters. The summed E-state index contributed by atoms with van der Waals surface area (Å²) in [6.45, 7) is 9.29. The highest BCUT2D eigenvalue weighted by molar-refractivity contribution is 14.1. The van der Waals surface area contributed by atoms with E-state index in [9.17, 15) is 14.7 Å². The maximum atomic E-state index is 12.8. The van der Waals surface area contributed by atoms with Crippen LogP contribution in [0.5, 0.6) is 5.88 Å². The summed E-state index contributed by atoms with van der Waals surface area (Å²) in [6, 6.07) is 7.51. The van der Waals surface area contributed by atoms with Crippen molar-refractivity contribution in [2.24, 2.45) is 5.92 Å². The molecule has 9 heteroatoms. The summed E-state index contributed by atoms with van der Waals surface area (Å²) in [5.74, 6) is -0.0453. The lowest BCUT2D eigenvalue weighted by atomic mass is 10.0. The average molecular weight is 552 g/mol. The lowest BCUT2D eigenvalue weighted by molar-refractivity contribution is -0.154. The van der Waals surface area contributed by atoms with Crippen LogP contribution in [0.15, 0.2) is 35.3 Å². The molecule has 3 rings (SSSR count). The van der Waals surface area contributed by atoms with E-state index in [0.29, 0.717) is 11.5 Å². The molecule has 1 aromatic carbocycles. The maximum absolute atomic E-state index is 12.8. The third-order valence-corrected chi connectivity index (χ3v) is 5.63. The predicted octanol–water partition coefficient (Wildman–Crippen LogP) is 4.40. The van der Waals surface area contributed by atoms with Gasteiger partial charge in [0.05, 0.1) is 24.0 Å². The predicted molar refractivity (Wildman–Crippen MR) is 131 cm³/mol. The number of aromatic amines is 2. The van der Waals surface area contributed by atoms with Crippen LogP contribution in [-0.2, 0) is 16.0 Å². The van der Waals surface area contributed by atoms with Gasteiger partial charge in [0, 0.05) is 9.99 Å². The van der Waals surface area contributed by atoms with Gasteiger partial charge in [-0.05, 0) is 67.0 Å². The third kappa shape index (κ3) is 5.62. The second-order valence-electron chi connectivity index (χ2n) is 9.07. The maximum Gasteiger partial charge on any atom is 0.329 e. The summed E-state index contributed by atoms with van der Waals surface area (Å²) < 4.78 is 7.74. The van der Waals surface area contributed by atoms with Gasteiger partial charge in [-0.3, -0.25) is 9.36 Å². The van der Waals surface area contributed by atoms with Crippen molar-refractivity contribution in [3.8, 4) is 17.1 Å². The Bertz CT molecular complexity index is 1140. The van der Waals surface area contributed by atoms with E-state index in [2.05, 4.69) is 37.5 Å². The molecule has 0 saturated carbocycles. The largest absolute Gasteiger partial charge is 0.493 e. The van der Waals surface area contributed by atoms with Crippen LogP contribution in [-0.4, -0.2) is 36.2 Å². The number of imidazole rings is 2. The highest BCUT2D eigenvalue weighted by Gasteiger charge is 2.28. The van der Waals surface area contributed by atoms with Gasteiger partial charge in [-0.25, -0.2) is 9.78 Å². The van der Waals surface area contributed by atoms with E-state index in [-0.39, 0.29) is 30.6 Å². The highest BCUT2D eigenvalue weighted by Crippen LogP contribution is 2.30. The topological polar surface area (TPSA) is 113 Å². The second kappa shape index (κ2) is 9.51. The molecule has 0 saturated heterocycles. The molecule has 0 aliphatic heterocycles. The molecule has 8 nitrogen and oxygen atoms in total. The molecule has 32 heavy (non-hydrogen) atoms. The number of halogens is 1. The number of rotatable bonds is 7. The van der Waals surface area contributed by atoms with Gasteiger partial charge in [0.1, 0.15) is 17.5 Å². The minimum absolute atomic E-state index is 0.0381. The van der Waals surface area contributed by atoms with E-state index in [1.165, 1.54) is 4.57 Å². The van der Waals surface area contributed by atoms with Crippen molar-refractivity contribution in [1.82, 2.24) is 19.5 Å². The SMILES string of the molecule is CC(C)[C@@H](c1ncc(-c2ccc(I)cc2)[nH]1)n1c(O)c(CCC(=O)OC(C)(C)C)[nH]c1=O. The number of hydrogen-bond acceptors (Lipinski definition) is 5. The Kier molecular flexibility index (Phi) is 7.16. The molecule has 0 spiro atoms. The number of aryl methyl sites for hydroxylation is 1. The van der Waals surface area contributed by atoms with Crippen molar-refractivity contribution in [3.05, 3.63) is 56.0 Å². The molecule has 3 N–H and O–H groups in total. The van der Waals surface area contributed by atoms with Crippen molar-refractivity contribution in [2.45, 2.75) is 59.1 Å². The normalized spacial score (nSPS) is 12.8. The van der Waals surface area contributed by atoms with Crippen LogP contribution in [0.3, 0.4) is 0 Å². The quantitative estimate of drug-likeness (QED) is 0.297. The van der Waals surface area contributed by atoms with Crippen LogP contribution in [0, 0.1) is 9.49 Å². The molecule has 3 aromatic rings. The lowest BCUT2D eigenvalue weighted by Gasteiger charge is -2.20. The number of H-pyrrole nitrogens is 2. The Morgan fingerprint density at radius 2 is 1.88 bits per heavy atom. The summed E-state index contributed by atoms with van der Waals surface area (Å²) >= 11 is 2.25. The summed E-state index contributed by atoms with van der Waals surface area (Å²) in [4.78, 5) is 35.3. The minimum Gasteiger partial charge on any atom is -0.493 e. The number of aromatic nitrogens is 4. The van der Waals surface area contributed by atoms with Crippen LogP contribution in [0.2, 0.25) is 0 Å². The number of carbonyl (C=O) groups is 1. The number of benzene rings is 1. The average Bonchev–Trinajstić information content (AvgIpc) is 3.26. The fourth-order valence-corrected chi connectivity index (χ4v) is 3.90. The van der Waals surface area contributed by atoms with Crippen molar-refractivity contribution in [2.75, 3.05) is 0 Å². The fraction of sp³-hybridized carbons (Fsp3) is 0.435. The van der Waals surface area contributed by atoms with Gasteiger partial charge in [0.15, 0.2) is 0 Å². The first kappa shape index (κ1) is 24.1. The van der Waals surface area contributed by atoms with E-state index < -0.39 is 17.3 Å². The van der Waals surface area contributed by atoms with Gasteiger partial charge in [0.2, 0.25) is 5.88 Å². The zero-order valence-corrected chi connectivity index (χ0v) is 21.1. The Labute approximate surface area is 200 Å². The smallest absolute Gasteiger partial charge is 0.329 e. The molecular formula is C23H29IN4O4. The monoisotopic (exact) mass is 552 g/mol. The first-order valence-electron chi connectivity index (χ1n) is 10.5. The van der Waals surface area contributed by atoms with Crippen LogP contribution in [0.1, 0.15) is 58.6 Å². The van der Waals surface area contributed by atoms with E-state index >= 15 is 0 Å². The lowest BCUT2D eigenvalue weighted by Crippen LogP contribution is -2.27. The van der Waals surface area contributed by atoms with Crippen LogP contribution in [0.25, 0.3) is 11.3 Å². The van der Waals surface area contributed by atoms with Gasteiger partial charge in [-0.2, -0.15) is 0 Å². The highest BCUT2D eigenvalue weighted by atomic mass is 127. The summed E-state index contributed by atoms with van der Waals surface area (Å²) in [5, 5.41) is 10.8. The molecule has 0 radical (unpaired) electrons. The Morgan fingerprint density at radius 1 is 1.22 bits per heavy atom. The Morgan fingerprint density at radius 3 is 2.47 bits per heavy atom. The number of nitrogens with one attached hydrogen (secondary N) is 2. The number of hydrogen-bond donors (Lipinski definition) is 3. The molecular weight excluding hydrogens is 523 g/mol. The van der Waals surface area contributed by atoms with E-state index in [1.54, 1.807) is 27.0 Å². The number of nitrogens with zero attached hydrogens (tertiary/aromatic N) is 2. The van der Waals surface area contributed by atoms with Crippen molar-refractivity contribution in [3.63, 3.8) is 0 Å². The molecule has 0 aliphatic carbocycles. The molecule has 172 valence electrons. The number of esters is 1. The number of carbonyl (C=O) groups excluding carboxylic acids is 1. The molecule has 0 fully saturated rings. The van der Waals surface area contributed by atoms with Gasteiger partial charge in [-0.15, -0.1) is 0 Å².